The summed E-state index contributed by atoms with van der Waals surface area (Å²) < 4.78 is 6.06. The molecule has 0 aromatic rings. The first-order valence-corrected chi connectivity index (χ1v) is 6.83. The summed E-state index contributed by atoms with van der Waals surface area (Å²) in [5.41, 5.74) is -0.248. The highest BCUT2D eigenvalue weighted by atomic mass is 16.5. The third kappa shape index (κ3) is 4.95. The number of hydrogen-bond acceptors (Lipinski definition) is 2. The molecule has 1 aliphatic rings. The van der Waals surface area contributed by atoms with Crippen LogP contribution in [0, 0.1) is 0 Å². The van der Waals surface area contributed by atoms with Gasteiger partial charge >= 0.3 is 0 Å². The van der Waals surface area contributed by atoms with E-state index < -0.39 is 0 Å². The van der Waals surface area contributed by atoms with E-state index in [2.05, 4.69) is 32.9 Å². The highest BCUT2D eigenvalue weighted by Gasteiger charge is 2.27. The molecule has 0 spiro atoms. The third-order valence-electron chi connectivity index (χ3n) is 3.36. The van der Waals surface area contributed by atoms with Crippen LogP contribution < -0.4 is 0 Å². The van der Waals surface area contributed by atoms with Crippen molar-refractivity contribution in [1.29, 1.82) is 0 Å². The highest BCUT2D eigenvalue weighted by Crippen LogP contribution is 2.28. The molecule has 2 atom stereocenters. The van der Waals surface area contributed by atoms with Gasteiger partial charge in [-0.05, 0) is 44.8 Å². The quantitative estimate of drug-likeness (QED) is 0.727. The van der Waals surface area contributed by atoms with Gasteiger partial charge in [-0.25, -0.2) is 0 Å². The lowest BCUT2D eigenvalue weighted by molar-refractivity contribution is -0.0242. The molecule has 98 valence electrons. The first-order valence-electron chi connectivity index (χ1n) is 6.83. The largest absolute Gasteiger partial charge is 0.488 e. The van der Waals surface area contributed by atoms with Gasteiger partial charge in [-0.1, -0.05) is 26.3 Å². The Morgan fingerprint density at radius 1 is 1.41 bits per heavy atom. The van der Waals surface area contributed by atoms with E-state index in [0.717, 1.165) is 37.9 Å². The zero-order valence-corrected chi connectivity index (χ0v) is 11.4. The Kier molecular flexibility index (Phi) is 5.76. The van der Waals surface area contributed by atoms with Gasteiger partial charge < -0.3 is 9.84 Å². The van der Waals surface area contributed by atoms with Gasteiger partial charge in [0.05, 0.1) is 6.10 Å². The second-order valence-electron chi connectivity index (χ2n) is 5.14. The van der Waals surface area contributed by atoms with Crippen molar-refractivity contribution >= 4 is 0 Å². The molecule has 0 aromatic carbocycles. The fourth-order valence-electron chi connectivity index (χ4n) is 2.14. The first-order chi connectivity index (χ1) is 8.09. The van der Waals surface area contributed by atoms with Gasteiger partial charge in [0.15, 0.2) is 0 Å². The Labute approximate surface area is 105 Å². The Morgan fingerprint density at radius 3 is 2.71 bits per heavy atom. The van der Waals surface area contributed by atoms with Crippen LogP contribution in [0.25, 0.3) is 0 Å². The van der Waals surface area contributed by atoms with Crippen LogP contribution in [-0.4, -0.2) is 16.8 Å². The van der Waals surface area contributed by atoms with Crippen molar-refractivity contribution in [2.24, 2.45) is 0 Å². The summed E-state index contributed by atoms with van der Waals surface area (Å²) in [6, 6.07) is 0. The van der Waals surface area contributed by atoms with E-state index >= 15 is 0 Å². The second kappa shape index (κ2) is 6.85. The zero-order valence-electron chi connectivity index (χ0n) is 11.4. The third-order valence-corrected chi connectivity index (χ3v) is 3.36. The van der Waals surface area contributed by atoms with Gasteiger partial charge in [0, 0.05) is 6.42 Å². The van der Waals surface area contributed by atoms with Gasteiger partial charge in [0.1, 0.15) is 11.4 Å². The predicted octanol–water partition coefficient (Wildman–Crippen LogP) is 3.96. The van der Waals surface area contributed by atoms with Crippen molar-refractivity contribution in [2.75, 3.05) is 0 Å². The molecule has 1 rings (SSSR count). The van der Waals surface area contributed by atoms with Gasteiger partial charge in [-0.15, -0.1) is 0 Å². The molecule has 0 bridgehead atoms. The first kappa shape index (κ1) is 14.3. The second-order valence-corrected chi connectivity index (χ2v) is 5.14. The molecule has 0 saturated heterocycles. The summed E-state index contributed by atoms with van der Waals surface area (Å²) in [6.07, 6.45) is 11.7. The lowest BCUT2D eigenvalue weighted by Gasteiger charge is -2.32. The molecular weight excluding hydrogens is 212 g/mol. The molecule has 0 amide bonds. The lowest BCUT2D eigenvalue weighted by Crippen LogP contribution is -2.32. The normalized spacial score (nSPS) is 20.6. The zero-order chi connectivity index (χ0) is 12.7. The molecule has 2 nitrogen and oxygen atoms in total. The number of ether oxygens (including phenoxy) is 1. The van der Waals surface area contributed by atoms with E-state index in [1.807, 2.05) is 6.08 Å². The molecule has 0 fully saturated rings. The molecule has 17 heavy (non-hydrogen) atoms. The van der Waals surface area contributed by atoms with Crippen LogP contribution in [-0.2, 0) is 4.74 Å². The van der Waals surface area contributed by atoms with E-state index in [1.165, 1.54) is 0 Å². The maximum atomic E-state index is 9.93. The molecule has 0 radical (unpaired) electrons. The number of aliphatic hydroxyl groups excluding tert-OH is 1. The predicted molar refractivity (Wildman–Crippen MR) is 71.8 cm³/mol. The fraction of sp³-hybridized carbons (Fsp3) is 0.733. The molecule has 2 heteroatoms. The summed E-state index contributed by atoms with van der Waals surface area (Å²) >= 11 is 0. The Bertz CT molecular complexity index is 281. The minimum Gasteiger partial charge on any atom is -0.488 e. The molecule has 0 aliphatic heterocycles. The van der Waals surface area contributed by atoms with Gasteiger partial charge in [0.2, 0.25) is 0 Å². The number of allylic oxidation sites excluding steroid dienone is 3. The number of aliphatic hydroxyl groups is 1. The standard InChI is InChI=1S/C15H26O2/c1-4-9-13(16)12-15(3,5-2)17-14-10-7-6-8-11-14/h7,10-11,13,16H,4-6,8-9,12H2,1-3H3. The van der Waals surface area contributed by atoms with E-state index in [9.17, 15) is 5.11 Å². The number of hydrogen-bond donors (Lipinski definition) is 1. The average Bonchev–Trinajstić information content (AvgIpc) is 2.30. The van der Waals surface area contributed by atoms with Crippen LogP contribution in [0.5, 0.6) is 0 Å². The van der Waals surface area contributed by atoms with Crippen LogP contribution in [0.2, 0.25) is 0 Å². The summed E-state index contributed by atoms with van der Waals surface area (Å²) in [6.45, 7) is 6.31. The van der Waals surface area contributed by atoms with E-state index in [0.29, 0.717) is 6.42 Å². The summed E-state index contributed by atoms with van der Waals surface area (Å²) in [5, 5.41) is 9.93. The fourth-order valence-corrected chi connectivity index (χ4v) is 2.14. The average molecular weight is 238 g/mol. The molecule has 2 unspecified atom stereocenters. The molecule has 0 heterocycles. The minimum absolute atomic E-state index is 0.248. The van der Waals surface area contributed by atoms with Crippen molar-refractivity contribution in [1.82, 2.24) is 0 Å². The topological polar surface area (TPSA) is 29.5 Å². The van der Waals surface area contributed by atoms with E-state index in [4.69, 9.17) is 4.74 Å². The Morgan fingerprint density at radius 2 is 2.18 bits per heavy atom. The Hall–Kier alpha value is -0.760. The SMILES string of the molecule is CCCC(O)CC(C)(CC)OC1=CCCC=C1. The molecule has 0 saturated carbocycles. The summed E-state index contributed by atoms with van der Waals surface area (Å²) in [5.74, 6) is 0.962. The van der Waals surface area contributed by atoms with Crippen LogP contribution >= 0.6 is 0 Å². The van der Waals surface area contributed by atoms with Gasteiger partial charge in [-0.2, -0.15) is 0 Å². The van der Waals surface area contributed by atoms with Crippen LogP contribution in [0.1, 0.15) is 59.3 Å². The van der Waals surface area contributed by atoms with Crippen LogP contribution in [0.3, 0.4) is 0 Å². The van der Waals surface area contributed by atoms with Crippen molar-refractivity contribution in [3.63, 3.8) is 0 Å². The van der Waals surface area contributed by atoms with Crippen molar-refractivity contribution in [3.05, 3.63) is 24.0 Å². The van der Waals surface area contributed by atoms with Crippen LogP contribution in [0.4, 0.5) is 0 Å². The summed E-state index contributed by atoms with van der Waals surface area (Å²) in [7, 11) is 0. The van der Waals surface area contributed by atoms with Crippen molar-refractivity contribution < 1.29 is 9.84 Å². The maximum Gasteiger partial charge on any atom is 0.115 e. The van der Waals surface area contributed by atoms with E-state index in [-0.39, 0.29) is 11.7 Å². The Balaban J connectivity index is 2.55. The smallest absolute Gasteiger partial charge is 0.115 e. The maximum absolute atomic E-state index is 9.93. The number of rotatable bonds is 7. The highest BCUT2D eigenvalue weighted by molar-refractivity contribution is 5.17. The van der Waals surface area contributed by atoms with Crippen molar-refractivity contribution in [2.45, 2.75) is 71.0 Å². The molecule has 0 aromatic heterocycles. The molecule has 1 aliphatic carbocycles. The lowest BCUT2D eigenvalue weighted by atomic mass is 9.93. The van der Waals surface area contributed by atoms with Gasteiger partial charge in [0.25, 0.3) is 0 Å². The van der Waals surface area contributed by atoms with Crippen molar-refractivity contribution in [3.8, 4) is 0 Å². The minimum atomic E-state index is -0.252. The van der Waals surface area contributed by atoms with E-state index in [1.54, 1.807) is 0 Å². The molecular formula is C15H26O2. The summed E-state index contributed by atoms with van der Waals surface area (Å²) in [4.78, 5) is 0. The molecule has 1 N–H and O–H groups in total. The van der Waals surface area contributed by atoms with Gasteiger partial charge in [-0.3, -0.25) is 0 Å². The monoisotopic (exact) mass is 238 g/mol. The van der Waals surface area contributed by atoms with Crippen LogP contribution in [0.15, 0.2) is 24.0 Å².